The van der Waals surface area contributed by atoms with Crippen molar-refractivity contribution < 1.29 is 14.0 Å². The first-order valence-electron chi connectivity index (χ1n) is 9.34. The van der Waals surface area contributed by atoms with Crippen molar-refractivity contribution in [3.8, 4) is 0 Å². The van der Waals surface area contributed by atoms with Crippen LogP contribution in [0.3, 0.4) is 0 Å². The van der Waals surface area contributed by atoms with E-state index in [1.807, 2.05) is 32.0 Å². The van der Waals surface area contributed by atoms with Crippen molar-refractivity contribution in [3.63, 3.8) is 0 Å². The smallest absolute Gasteiger partial charge is 0.282 e. The number of hydrogen-bond donors (Lipinski definition) is 1. The van der Waals surface area contributed by atoms with Gasteiger partial charge in [0.2, 0.25) is 0 Å². The quantitative estimate of drug-likeness (QED) is 0.567. The molecule has 0 unspecified atom stereocenters. The lowest BCUT2D eigenvalue weighted by Gasteiger charge is -2.16. The fraction of sp³-hybridized carbons (Fsp3) is 0.0833. The maximum absolute atomic E-state index is 13.8. The zero-order valence-electron chi connectivity index (χ0n) is 16.4. The highest BCUT2D eigenvalue weighted by atomic mass is 35.5. The summed E-state index contributed by atoms with van der Waals surface area (Å²) in [5.41, 5.74) is 3.73. The van der Waals surface area contributed by atoms with Gasteiger partial charge >= 0.3 is 0 Å². The number of carbonyl (C=O) groups excluding carboxylic acids is 2. The van der Waals surface area contributed by atoms with E-state index in [1.54, 1.807) is 24.3 Å². The molecule has 0 fully saturated rings. The van der Waals surface area contributed by atoms with Crippen molar-refractivity contribution in [2.75, 3.05) is 10.2 Å². The fourth-order valence-electron chi connectivity index (χ4n) is 3.38. The van der Waals surface area contributed by atoms with Crippen molar-refractivity contribution in [1.29, 1.82) is 0 Å². The van der Waals surface area contributed by atoms with Gasteiger partial charge in [-0.3, -0.25) is 9.59 Å². The van der Waals surface area contributed by atoms with Crippen LogP contribution in [0.25, 0.3) is 5.57 Å². The molecule has 3 aromatic rings. The number of halogens is 2. The molecule has 2 amide bonds. The summed E-state index contributed by atoms with van der Waals surface area (Å²) >= 11 is 5.99. The van der Waals surface area contributed by atoms with Crippen LogP contribution in [0.15, 0.2) is 72.4 Å². The van der Waals surface area contributed by atoms with Gasteiger partial charge in [0.15, 0.2) is 0 Å². The van der Waals surface area contributed by atoms with Gasteiger partial charge in [0.05, 0.1) is 11.3 Å². The topological polar surface area (TPSA) is 49.4 Å². The maximum atomic E-state index is 13.8. The summed E-state index contributed by atoms with van der Waals surface area (Å²) < 4.78 is 13.8. The number of imide groups is 1. The lowest BCUT2D eigenvalue weighted by Crippen LogP contribution is -2.32. The minimum absolute atomic E-state index is 0.139. The summed E-state index contributed by atoms with van der Waals surface area (Å²) in [5, 5.41) is 3.66. The van der Waals surface area contributed by atoms with Crippen LogP contribution >= 0.6 is 11.6 Å². The Balaban J connectivity index is 1.85. The summed E-state index contributed by atoms with van der Waals surface area (Å²) in [4.78, 5) is 27.6. The lowest BCUT2D eigenvalue weighted by atomic mass is 10.0. The molecule has 0 radical (unpaired) electrons. The predicted octanol–water partition coefficient (Wildman–Crippen LogP) is 5.49. The molecule has 0 aromatic heterocycles. The normalized spacial score (nSPS) is 13.9. The van der Waals surface area contributed by atoms with Gasteiger partial charge in [0.25, 0.3) is 11.8 Å². The fourth-order valence-corrected chi connectivity index (χ4v) is 3.51. The largest absolute Gasteiger partial charge is 0.350 e. The molecule has 4 nitrogen and oxygen atoms in total. The molecule has 0 atom stereocenters. The average Bonchev–Trinajstić information content (AvgIpc) is 2.95. The van der Waals surface area contributed by atoms with Crippen molar-refractivity contribution in [3.05, 3.63) is 100.0 Å². The molecule has 4 rings (SSSR count). The van der Waals surface area contributed by atoms with Crippen molar-refractivity contribution in [2.45, 2.75) is 13.8 Å². The van der Waals surface area contributed by atoms with E-state index in [0.29, 0.717) is 10.6 Å². The molecule has 1 N–H and O–H groups in total. The Morgan fingerprint density at radius 3 is 2.33 bits per heavy atom. The van der Waals surface area contributed by atoms with Gasteiger partial charge < -0.3 is 5.32 Å². The number of nitrogens with zero attached hydrogens (tertiary/aromatic N) is 1. The van der Waals surface area contributed by atoms with Gasteiger partial charge in [-0.05, 0) is 66.9 Å². The molecule has 30 heavy (non-hydrogen) atoms. The van der Waals surface area contributed by atoms with E-state index < -0.39 is 17.6 Å². The van der Waals surface area contributed by atoms with Gasteiger partial charge in [-0.1, -0.05) is 41.9 Å². The molecule has 0 saturated heterocycles. The Labute approximate surface area is 178 Å². The Kier molecular flexibility index (Phi) is 5.14. The van der Waals surface area contributed by atoms with Gasteiger partial charge in [-0.15, -0.1) is 0 Å². The van der Waals surface area contributed by atoms with Gasteiger partial charge in [-0.2, -0.15) is 0 Å². The number of aryl methyl sites for hydroxylation is 2. The molecule has 0 saturated carbocycles. The average molecular weight is 421 g/mol. The van der Waals surface area contributed by atoms with Crippen LogP contribution in [0, 0.1) is 19.7 Å². The van der Waals surface area contributed by atoms with E-state index in [-0.39, 0.29) is 17.0 Å². The highest BCUT2D eigenvalue weighted by Gasteiger charge is 2.40. The second-order valence-electron chi connectivity index (χ2n) is 7.13. The second-order valence-corrected chi connectivity index (χ2v) is 7.56. The van der Waals surface area contributed by atoms with Crippen LogP contribution in [0.4, 0.5) is 15.8 Å². The number of nitrogens with one attached hydrogen (secondary N) is 1. The van der Waals surface area contributed by atoms with Crippen molar-refractivity contribution >= 4 is 40.4 Å². The summed E-state index contributed by atoms with van der Waals surface area (Å²) in [5.74, 6) is -1.60. The van der Waals surface area contributed by atoms with E-state index in [4.69, 9.17) is 11.6 Å². The monoisotopic (exact) mass is 420 g/mol. The number of amides is 2. The van der Waals surface area contributed by atoms with Crippen LogP contribution in [0.1, 0.15) is 16.7 Å². The summed E-state index contributed by atoms with van der Waals surface area (Å²) in [6.07, 6.45) is 0. The first-order chi connectivity index (χ1) is 14.3. The molecule has 0 aliphatic carbocycles. The SMILES string of the molecule is Cc1ccc(C)c(NC2=C(c3ccc(Cl)cc3)C(=O)N(c3cccc(F)c3)C2=O)c1. The third-order valence-corrected chi connectivity index (χ3v) is 5.19. The Morgan fingerprint density at radius 1 is 0.900 bits per heavy atom. The molecule has 6 heteroatoms. The molecular weight excluding hydrogens is 403 g/mol. The number of benzene rings is 3. The van der Waals surface area contributed by atoms with E-state index in [1.165, 1.54) is 18.2 Å². The first-order valence-corrected chi connectivity index (χ1v) is 9.72. The molecule has 0 spiro atoms. The second kappa shape index (κ2) is 7.76. The summed E-state index contributed by atoms with van der Waals surface area (Å²) in [7, 11) is 0. The minimum atomic E-state index is -0.545. The Hall–Kier alpha value is -3.44. The third-order valence-electron chi connectivity index (χ3n) is 4.94. The first kappa shape index (κ1) is 19.9. The summed E-state index contributed by atoms with van der Waals surface area (Å²) in [6, 6.07) is 17.9. The summed E-state index contributed by atoms with van der Waals surface area (Å²) in [6.45, 7) is 3.86. The molecule has 1 aliphatic heterocycles. The molecule has 1 aliphatic rings. The standard InChI is InChI=1S/C24H18ClFN2O2/c1-14-6-7-15(2)20(12-14)27-22-21(16-8-10-17(25)11-9-16)23(29)28(24(22)30)19-5-3-4-18(26)13-19/h3-13,27H,1-2H3. The number of carbonyl (C=O) groups is 2. The maximum Gasteiger partial charge on any atom is 0.282 e. The number of anilines is 2. The third kappa shape index (κ3) is 3.60. The van der Waals surface area contributed by atoms with E-state index >= 15 is 0 Å². The van der Waals surface area contributed by atoms with Crippen molar-refractivity contribution in [1.82, 2.24) is 0 Å². The molecule has 0 bridgehead atoms. The van der Waals surface area contributed by atoms with Crippen LogP contribution in [-0.2, 0) is 9.59 Å². The molecule has 150 valence electrons. The van der Waals surface area contributed by atoms with Gasteiger partial charge in [0, 0.05) is 10.7 Å². The van der Waals surface area contributed by atoms with Crippen LogP contribution in [-0.4, -0.2) is 11.8 Å². The van der Waals surface area contributed by atoms with E-state index in [2.05, 4.69) is 5.32 Å². The zero-order chi connectivity index (χ0) is 21.4. The number of rotatable bonds is 4. The van der Waals surface area contributed by atoms with Crippen molar-refractivity contribution in [2.24, 2.45) is 0 Å². The molecular formula is C24H18ClFN2O2. The molecule has 3 aromatic carbocycles. The Morgan fingerprint density at radius 2 is 1.63 bits per heavy atom. The highest BCUT2D eigenvalue weighted by molar-refractivity contribution is 6.46. The van der Waals surface area contributed by atoms with Crippen LogP contribution in [0.5, 0.6) is 0 Å². The predicted molar refractivity (Wildman–Crippen MR) is 117 cm³/mol. The van der Waals surface area contributed by atoms with Crippen LogP contribution < -0.4 is 10.2 Å². The Bertz CT molecular complexity index is 1200. The lowest BCUT2D eigenvalue weighted by molar-refractivity contribution is -0.120. The van der Waals surface area contributed by atoms with E-state index in [0.717, 1.165) is 27.8 Å². The molecule has 1 heterocycles. The zero-order valence-corrected chi connectivity index (χ0v) is 17.1. The number of hydrogen-bond acceptors (Lipinski definition) is 3. The van der Waals surface area contributed by atoms with Gasteiger partial charge in [0.1, 0.15) is 11.5 Å². The van der Waals surface area contributed by atoms with E-state index in [9.17, 15) is 14.0 Å². The van der Waals surface area contributed by atoms with Gasteiger partial charge in [-0.25, -0.2) is 9.29 Å². The minimum Gasteiger partial charge on any atom is -0.350 e. The van der Waals surface area contributed by atoms with Crippen LogP contribution in [0.2, 0.25) is 5.02 Å². The highest BCUT2D eigenvalue weighted by Crippen LogP contribution is 2.35.